The van der Waals surface area contributed by atoms with Crippen LogP contribution in [0.3, 0.4) is 0 Å². The molecule has 21 heavy (non-hydrogen) atoms. The summed E-state index contributed by atoms with van der Waals surface area (Å²) in [6.07, 6.45) is 0. The van der Waals surface area contributed by atoms with Crippen LogP contribution in [0.25, 0.3) is 0 Å². The molecule has 0 atom stereocenters. The molecule has 2 rings (SSSR count). The molecule has 6 nitrogen and oxygen atoms in total. The van der Waals surface area contributed by atoms with Gasteiger partial charge in [0.2, 0.25) is 5.75 Å². The summed E-state index contributed by atoms with van der Waals surface area (Å²) < 4.78 is 5.49. The van der Waals surface area contributed by atoms with Crippen molar-refractivity contribution in [3.63, 3.8) is 0 Å². The number of ether oxygens (including phenoxy) is 1. The number of nitrogens with zero attached hydrogens (tertiary/aromatic N) is 1. The molecule has 0 heterocycles. The van der Waals surface area contributed by atoms with Crippen molar-refractivity contribution < 1.29 is 19.6 Å². The summed E-state index contributed by atoms with van der Waals surface area (Å²) in [5.41, 5.74) is 1.69. The molecule has 0 saturated heterocycles. The molecule has 0 fully saturated rings. The van der Waals surface area contributed by atoms with Crippen LogP contribution in [0.2, 0.25) is 0 Å². The molecule has 0 aliphatic carbocycles. The minimum absolute atomic E-state index is 0.0700. The molecule has 0 bridgehead atoms. The van der Waals surface area contributed by atoms with Gasteiger partial charge in [-0.2, -0.15) is 0 Å². The number of aryl methyl sites for hydroxylation is 2. The van der Waals surface area contributed by atoms with Crippen LogP contribution in [0, 0.1) is 24.0 Å². The average molecular weight is 287 g/mol. The number of rotatable bonds is 4. The van der Waals surface area contributed by atoms with Gasteiger partial charge in [-0.25, -0.2) is 4.79 Å². The fourth-order valence-electron chi connectivity index (χ4n) is 1.78. The van der Waals surface area contributed by atoms with Gasteiger partial charge in [-0.1, -0.05) is 6.07 Å². The molecule has 6 heteroatoms. The molecule has 0 unspecified atom stereocenters. The summed E-state index contributed by atoms with van der Waals surface area (Å²) in [5, 5.41) is 20.0. The van der Waals surface area contributed by atoms with Crippen LogP contribution in [-0.4, -0.2) is 16.0 Å². The lowest BCUT2D eigenvalue weighted by atomic mass is 10.1. The summed E-state index contributed by atoms with van der Waals surface area (Å²) in [6.45, 7) is 3.83. The van der Waals surface area contributed by atoms with Gasteiger partial charge in [-0.15, -0.1) is 0 Å². The molecule has 0 aliphatic heterocycles. The second kappa shape index (κ2) is 5.62. The summed E-state index contributed by atoms with van der Waals surface area (Å²) in [5.74, 6) is -0.846. The molecule has 0 aromatic heterocycles. The Morgan fingerprint density at radius 2 is 1.86 bits per heavy atom. The van der Waals surface area contributed by atoms with Crippen LogP contribution in [0.1, 0.15) is 21.5 Å². The van der Waals surface area contributed by atoms with E-state index < -0.39 is 10.9 Å². The first-order valence-electron chi connectivity index (χ1n) is 6.15. The average Bonchev–Trinajstić information content (AvgIpc) is 2.42. The van der Waals surface area contributed by atoms with Crippen molar-refractivity contribution in [1.82, 2.24) is 0 Å². The third-order valence-electron chi connectivity index (χ3n) is 3.11. The Hall–Kier alpha value is -2.89. The van der Waals surface area contributed by atoms with Crippen molar-refractivity contribution in [3.8, 4) is 11.5 Å². The standard InChI is InChI=1S/C15H13NO5/c1-9-3-5-12(7-10(9)2)21-14-8-11(15(17)18)4-6-13(14)16(19)20/h3-8H,1-2H3,(H,17,18). The zero-order valence-corrected chi connectivity index (χ0v) is 11.5. The van der Waals surface area contributed by atoms with Crippen molar-refractivity contribution in [3.05, 3.63) is 63.2 Å². The minimum atomic E-state index is -1.17. The SMILES string of the molecule is Cc1ccc(Oc2cc(C(=O)O)ccc2[N+](=O)[O-])cc1C. The third-order valence-corrected chi connectivity index (χ3v) is 3.11. The van der Waals surface area contributed by atoms with Gasteiger partial charge < -0.3 is 9.84 Å². The van der Waals surface area contributed by atoms with E-state index in [1.807, 2.05) is 19.9 Å². The maximum Gasteiger partial charge on any atom is 0.335 e. The molecule has 0 amide bonds. The van der Waals surface area contributed by atoms with Gasteiger partial charge in [-0.3, -0.25) is 10.1 Å². The van der Waals surface area contributed by atoms with E-state index in [2.05, 4.69) is 0 Å². The first kappa shape index (κ1) is 14.5. The highest BCUT2D eigenvalue weighted by Crippen LogP contribution is 2.32. The van der Waals surface area contributed by atoms with E-state index in [4.69, 9.17) is 9.84 Å². The lowest BCUT2D eigenvalue weighted by Gasteiger charge is -2.09. The quantitative estimate of drug-likeness (QED) is 0.684. The van der Waals surface area contributed by atoms with Gasteiger partial charge in [0, 0.05) is 12.1 Å². The molecule has 0 radical (unpaired) electrons. The number of hydrogen-bond acceptors (Lipinski definition) is 4. The second-order valence-electron chi connectivity index (χ2n) is 4.59. The van der Waals surface area contributed by atoms with Gasteiger partial charge in [0.05, 0.1) is 10.5 Å². The van der Waals surface area contributed by atoms with Crippen molar-refractivity contribution >= 4 is 11.7 Å². The number of carbonyl (C=O) groups is 1. The summed E-state index contributed by atoms with van der Waals surface area (Å²) in [4.78, 5) is 21.3. The predicted octanol–water partition coefficient (Wildman–Crippen LogP) is 3.70. The van der Waals surface area contributed by atoms with Gasteiger partial charge in [-0.05, 0) is 43.2 Å². The Balaban J connectivity index is 2.45. The molecule has 0 saturated carbocycles. The first-order chi connectivity index (χ1) is 9.88. The van der Waals surface area contributed by atoms with Gasteiger partial charge in [0.1, 0.15) is 5.75 Å². The zero-order chi connectivity index (χ0) is 15.6. The third kappa shape index (κ3) is 3.17. The van der Waals surface area contributed by atoms with E-state index in [0.717, 1.165) is 23.3 Å². The molecule has 108 valence electrons. The summed E-state index contributed by atoms with van der Waals surface area (Å²) in [7, 11) is 0. The van der Waals surface area contributed by atoms with Crippen LogP contribution in [0.15, 0.2) is 36.4 Å². The Morgan fingerprint density at radius 3 is 2.43 bits per heavy atom. The van der Waals surface area contributed by atoms with E-state index >= 15 is 0 Å². The molecule has 1 N–H and O–H groups in total. The number of carboxylic acid groups (broad SMARTS) is 1. The number of nitro benzene ring substituents is 1. The molecule has 2 aromatic rings. The van der Waals surface area contributed by atoms with Crippen LogP contribution in [0.5, 0.6) is 11.5 Å². The number of benzene rings is 2. The Labute approximate surface area is 120 Å². The maximum absolute atomic E-state index is 11.0. The predicted molar refractivity (Wildman–Crippen MR) is 76.0 cm³/mol. The van der Waals surface area contributed by atoms with E-state index in [1.165, 1.54) is 6.07 Å². The Kier molecular flexibility index (Phi) is 3.89. The van der Waals surface area contributed by atoms with Gasteiger partial charge >= 0.3 is 11.7 Å². The van der Waals surface area contributed by atoms with E-state index in [9.17, 15) is 14.9 Å². The molecule has 2 aromatic carbocycles. The minimum Gasteiger partial charge on any atom is -0.478 e. The second-order valence-corrected chi connectivity index (χ2v) is 4.59. The lowest BCUT2D eigenvalue weighted by molar-refractivity contribution is -0.385. The van der Waals surface area contributed by atoms with Crippen molar-refractivity contribution in [1.29, 1.82) is 0 Å². The molecule has 0 spiro atoms. The van der Waals surface area contributed by atoms with Crippen LogP contribution in [0.4, 0.5) is 5.69 Å². The van der Waals surface area contributed by atoms with E-state index in [1.54, 1.807) is 12.1 Å². The highest BCUT2D eigenvalue weighted by atomic mass is 16.6. The van der Waals surface area contributed by atoms with Crippen LogP contribution >= 0.6 is 0 Å². The monoisotopic (exact) mass is 287 g/mol. The fourth-order valence-corrected chi connectivity index (χ4v) is 1.78. The van der Waals surface area contributed by atoms with Crippen molar-refractivity contribution in [2.75, 3.05) is 0 Å². The molecule has 0 aliphatic rings. The first-order valence-corrected chi connectivity index (χ1v) is 6.15. The van der Waals surface area contributed by atoms with E-state index in [-0.39, 0.29) is 17.0 Å². The Morgan fingerprint density at radius 1 is 1.14 bits per heavy atom. The van der Waals surface area contributed by atoms with Crippen molar-refractivity contribution in [2.24, 2.45) is 0 Å². The molecular formula is C15H13NO5. The smallest absolute Gasteiger partial charge is 0.335 e. The largest absolute Gasteiger partial charge is 0.478 e. The lowest BCUT2D eigenvalue weighted by Crippen LogP contribution is -1.99. The van der Waals surface area contributed by atoms with Crippen molar-refractivity contribution in [2.45, 2.75) is 13.8 Å². The normalized spacial score (nSPS) is 10.2. The van der Waals surface area contributed by atoms with Gasteiger partial charge in [0.25, 0.3) is 0 Å². The fraction of sp³-hybridized carbons (Fsp3) is 0.133. The Bertz CT molecular complexity index is 724. The zero-order valence-electron chi connectivity index (χ0n) is 11.5. The number of carboxylic acids is 1. The molecular weight excluding hydrogens is 274 g/mol. The maximum atomic E-state index is 11.0. The highest BCUT2D eigenvalue weighted by Gasteiger charge is 2.18. The highest BCUT2D eigenvalue weighted by molar-refractivity contribution is 5.88. The van der Waals surface area contributed by atoms with E-state index in [0.29, 0.717) is 5.75 Å². The van der Waals surface area contributed by atoms with Crippen LogP contribution < -0.4 is 4.74 Å². The van der Waals surface area contributed by atoms with Crippen LogP contribution in [-0.2, 0) is 0 Å². The topological polar surface area (TPSA) is 89.7 Å². The number of aromatic carboxylic acids is 1. The number of hydrogen-bond donors (Lipinski definition) is 1. The summed E-state index contributed by atoms with van der Waals surface area (Å²) in [6, 6.07) is 8.70. The summed E-state index contributed by atoms with van der Waals surface area (Å²) >= 11 is 0. The number of nitro groups is 1. The van der Waals surface area contributed by atoms with Gasteiger partial charge in [0.15, 0.2) is 0 Å².